The maximum Gasteiger partial charge on any atom is 0.411 e. The first kappa shape index (κ1) is 18.3. The van der Waals surface area contributed by atoms with Crippen LogP contribution in [0.1, 0.15) is 25.7 Å². The lowest BCUT2D eigenvalue weighted by Gasteiger charge is -2.50. The van der Waals surface area contributed by atoms with E-state index in [9.17, 15) is 9.59 Å². The van der Waals surface area contributed by atoms with Crippen LogP contribution in [0.5, 0.6) is 0 Å². The summed E-state index contributed by atoms with van der Waals surface area (Å²) in [6.07, 6.45) is 1.93. The molecule has 4 rings (SSSR count). The van der Waals surface area contributed by atoms with Gasteiger partial charge in [-0.05, 0) is 42.7 Å². The van der Waals surface area contributed by atoms with Crippen molar-refractivity contribution < 1.29 is 19.4 Å². The molecule has 0 bridgehead atoms. The summed E-state index contributed by atoms with van der Waals surface area (Å²) in [5, 5.41) is 11.9. The first-order valence-electron chi connectivity index (χ1n) is 9.65. The number of carboxylic acid groups (broad SMARTS) is 1. The largest absolute Gasteiger partial charge is 0.465 e. The summed E-state index contributed by atoms with van der Waals surface area (Å²) in [7, 11) is 0. The average Bonchev–Trinajstić information content (AvgIpc) is 2.68. The molecular weight excluding hydrogens is 356 g/mol. The van der Waals surface area contributed by atoms with E-state index in [1.807, 2.05) is 54.6 Å². The third-order valence-electron chi connectivity index (χ3n) is 5.94. The lowest BCUT2D eigenvalue weighted by molar-refractivity contribution is -0.0671. The van der Waals surface area contributed by atoms with Crippen LogP contribution in [0.15, 0.2) is 54.6 Å². The summed E-state index contributed by atoms with van der Waals surface area (Å²) in [5.41, 5.74) is 2.85. The van der Waals surface area contributed by atoms with E-state index in [0.717, 1.165) is 42.5 Å². The van der Waals surface area contributed by atoms with Crippen LogP contribution in [-0.2, 0) is 4.74 Å². The predicted octanol–water partition coefficient (Wildman–Crippen LogP) is 4.82. The summed E-state index contributed by atoms with van der Waals surface area (Å²) in [5.74, 6) is 0. The Kier molecular flexibility index (Phi) is 4.94. The lowest BCUT2D eigenvalue weighted by atomic mass is 9.61. The van der Waals surface area contributed by atoms with E-state index < -0.39 is 12.2 Å². The summed E-state index contributed by atoms with van der Waals surface area (Å²) in [6.45, 7) is 1.14. The molecule has 6 nitrogen and oxygen atoms in total. The molecule has 0 radical (unpaired) electrons. The Morgan fingerprint density at radius 1 is 1.00 bits per heavy atom. The van der Waals surface area contributed by atoms with Crippen LogP contribution in [0, 0.1) is 5.41 Å². The van der Waals surface area contributed by atoms with Gasteiger partial charge in [-0.25, -0.2) is 9.59 Å². The molecule has 0 aromatic heterocycles. The molecule has 1 heterocycles. The Hall–Kier alpha value is -3.02. The molecule has 0 atom stereocenters. The van der Waals surface area contributed by atoms with Gasteiger partial charge in [-0.1, -0.05) is 48.5 Å². The molecule has 2 N–H and O–H groups in total. The highest BCUT2D eigenvalue weighted by Crippen LogP contribution is 2.50. The van der Waals surface area contributed by atoms with Crippen molar-refractivity contribution in [3.8, 4) is 11.1 Å². The van der Waals surface area contributed by atoms with Crippen LogP contribution in [0.3, 0.4) is 0 Å². The average molecular weight is 380 g/mol. The number of amides is 2. The SMILES string of the molecule is O=C(Nc1ccccc1-c1ccccc1)OC1CC2(CCN(C(=O)O)CC2)C1. The highest BCUT2D eigenvalue weighted by molar-refractivity contribution is 5.91. The number of hydrogen-bond acceptors (Lipinski definition) is 3. The number of nitrogens with one attached hydrogen (secondary N) is 1. The zero-order chi connectivity index (χ0) is 19.6. The molecular formula is C22H24N2O4. The minimum Gasteiger partial charge on any atom is -0.465 e. The third-order valence-corrected chi connectivity index (χ3v) is 5.94. The van der Waals surface area contributed by atoms with Gasteiger partial charge in [0, 0.05) is 18.7 Å². The van der Waals surface area contributed by atoms with Crippen LogP contribution >= 0.6 is 0 Å². The van der Waals surface area contributed by atoms with Gasteiger partial charge in [0.15, 0.2) is 0 Å². The maximum absolute atomic E-state index is 12.4. The summed E-state index contributed by atoms with van der Waals surface area (Å²) < 4.78 is 5.60. The monoisotopic (exact) mass is 380 g/mol. The van der Waals surface area contributed by atoms with Gasteiger partial charge in [0.2, 0.25) is 0 Å². The van der Waals surface area contributed by atoms with Gasteiger partial charge in [0.05, 0.1) is 5.69 Å². The molecule has 28 heavy (non-hydrogen) atoms. The fourth-order valence-corrected chi connectivity index (χ4v) is 4.32. The van der Waals surface area contributed by atoms with E-state index in [1.165, 1.54) is 4.90 Å². The fraction of sp³-hybridized carbons (Fsp3) is 0.364. The van der Waals surface area contributed by atoms with Crippen LogP contribution < -0.4 is 5.32 Å². The molecule has 0 unspecified atom stereocenters. The van der Waals surface area contributed by atoms with Crippen molar-refractivity contribution in [2.75, 3.05) is 18.4 Å². The zero-order valence-corrected chi connectivity index (χ0v) is 15.6. The number of rotatable bonds is 3. The highest BCUT2D eigenvalue weighted by atomic mass is 16.6. The van der Waals surface area contributed by atoms with E-state index in [0.29, 0.717) is 13.1 Å². The number of carbonyl (C=O) groups is 2. The van der Waals surface area contributed by atoms with Gasteiger partial charge >= 0.3 is 12.2 Å². The number of anilines is 1. The lowest BCUT2D eigenvalue weighted by Crippen LogP contribution is -2.51. The van der Waals surface area contributed by atoms with E-state index in [4.69, 9.17) is 9.84 Å². The molecule has 2 aliphatic rings. The normalized spacial score (nSPS) is 18.4. The van der Waals surface area contributed by atoms with Crippen molar-refractivity contribution in [1.82, 2.24) is 4.90 Å². The van der Waals surface area contributed by atoms with Gasteiger partial charge in [-0.2, -0.15) is 0 Å². The topological polar surface area (TPSA) is 78.9 Å². The van der Waals surface area contributed by atoms with Crippen LogP contribution in [0.2, 0.25) is 0 Å². The van der Waals surface area contributed by atoms with Crippen LogP contribution in [0.4, 0.5) is 15.3 Å². The molecule has 2 aromatic rings. The van der Waals surface area contributed by atoms with Crippen molar-refractivity contribution in [2.45, 2.75) is 31.8 Å². The molecule has 2 fully saturated rings. The minimum atomic E-state index is -0.849. The number of carbonyl (C=O) groups excluding carboxylic acids is 1. The molecule has 1 saturated carbocycles. The van der Waals surface area contributed by atoms with Crippen LogP contribution in [-0.4, -0.2) is 41.4 Å². The molecule has 1 saturated heterocycles. The molecule has 1 aliphatic carbocycles. The molecule has 146 valence electrons. The molecule has 2 aromatic carbocycles. The Labute approximate surface area is 164 Å². The molecule has 2 amide bonds. The maximum atomic E-state index is 12.4. The summed E-state index contributed by atoms with van der Waals surface area (Å²) in [6, 6.07) is 17.6. The molecule has 6 heteroatoms. The standard InChI is InChI=1S/C22H24N2O4/c25-20(23-19-9-5-4-8-18(19)16-6-2-1-3-7-16)28-17-14-22(15-17)10-12-24(13-11-22)21(26)27/h1-9,17H,10-15H2,(H,23,25)(H,26,27). The second kappa shape index (κ2) is 7.54. The molecule has 1 aliphatic heterocycles. The number of hydrogen-bond donors (Lipinski definition) is 2. The number of para-hydroxylation sites is 1. The van der Waals surface area contributed by atoms with Gasteiger partial charge in [0.1, 0.15) is 6.10 Å². The Morgan fingerprint density at radius 3 is 2.32 bits per heavy atom. The van der Waals surface area contributed by atoms with Gasteiger partial charge < -0.3 is 14.7 Å². The van der Waals surface area contributed by atoms with Crippen molar-refractivity contribution in [2.24, 2.45) is 5.41 Å². The second-order valence-electron chi connectivity index (χ2n) is 7.74. The van der Waals surface area contributed by atoms with Gasteiger partial charge in [0.25, 0.3) is 0 Å². The number of benzene rings is 2. The highest BCUT2D eigenvalue weighted by Gasteiger charge is 2.48. The van der Waals surface area contributed by atoms with E-state index in [2.05, 4.69) is 5.32 Å². The smallest absolute Gasteiger partial charge is 0.411 e. The van der Waals surface area contributed by atoms with Gasteiger partial charge in [-0.15, -0.1) is 0 Å². The van der Waals surface area contributed by atoms with Gasteiger partial charge in [-0.3, -0.25) is 5.32 Å². The van der Waals surface area contributed by atoms with Crippen molar-refractivity contribution in [3.63, 3.8) is 0 Å². The van der Waals surface area contributed by atoms with Crippen molar-refractivity contribution in [3.05, 3.63) is 54.6 Å². The first-order valence-corrected chi connectivity index (χ1v) is 9.65. The summed E-state index contributed by atoms with van der Waals surface area (Å²) >= 11 is 0. The fourth-order valence-electron chi connectivity index (χ4n) is 4.32. The minimum absolute atomic E-state index is 0.0970. The number of piperidine rings is 1. The third kappa shape index (κ3) is 3.81. The zero-order valence-electron chi connectivity index (χ0n) is 15.6. The first-order chi connectivity index (χ1) is 13.5. The van der Waals surface area contributed by atoms with E-state index in [1.54, 1.807) is 0 Å². The number of likely N-dealkylation sites (tertiary alicyclic amines) is 1. The number of nitrogens with zero attached hydrogens (tertiary/aromatic N) is 1. The Balaban J connectivity index is 1.32. The van der Waals surface area contributed by atoms with Crippen molar-refractivity contribution >= 4 is 17.9 Å². The second-order valence-corrected chi connectivity index (χ2v) is 7.74. The van der Waals surface area contributed by atoms with E-state index >= 15 is 0 Å². The quantitative estimate of drug-likeness (QED) is 0.800. The van der Waals surface area contributed by atoms with E-state index in [-0.39, 0.29) is 11.5 Å². The predicted molar refractivity (Wildman–Crippen MR) is 106 cm³/mol. The Morgan fingerprint density at radius 2 is 1.64 bits per heavy atom. The van der Waals surface area contributed by atoms with Crippen LogP contribution in [0.25, 0.3) is 11.1 Å². The number of ether oxygens (including phenoxy) is 1. The molecule has 1 spiro atoms. The Bertz CT molecular complexity index is 852. The summed E-state index contributed by atoms with van der Waals surface area (Å²) in [4.78, 5) is 24.9. The van der Waals surface area contributed by atoms with Crippen molar-refractivity contribution in [1.29, 1.82) is 0 Å².